The Hall–Kier alpha value is -1.19. The van der Waals surface area contributed by atoms with Gasteiger partial charge in [-0.1, -0.05) is 25.6 Å². The van der Waals surface area contributed by atoms with Crippen LogP contribution < -0.4 is 0 Å². The highest BCUT2D eigenvalue weighted by atomic mass is 32.2. The minimum absolute atomic E-state index is 0.00399. The van der Waals surface area contributed by atoms with Gasteiger partial charge in [0, 0.05) is 22.8 Å². The summed E-state index contributed by atoms with van der Waals surface area (Å²) in [5.41, 5.74) is 1.37. The molecule has 2 aliphatic rings. The number of carbonyl (C=O) groups excluding carboxylic acids is 1. The average molecular weight is 468 g/mol. The molecule has 3 heterocycles. The number of thiophene rings is 1. The standard InChI is InChI=1S/C21H29N3O3S3/c1-13(2)10-24(15-8-9-30(26,27)12-15)18(25)11-28-20-19-16-6-4-5-7-17(16)29-21(19)23-14(3)22-20/h13,15H,4-12H2,1-3H3. The van der Waals surface area contributed by atoms with E-state index in [0.717, 1.165) is 33.9 Å². The summed E-state index contributed by atoms with van der Waals surface area (Å²) < 4.78 is 23.9. The molecule has 0 saturated carbocycles. The first-order valence-corrected chi connectivity index (χ1v) is 14.3. The van der Waals surface area contributed by atoms with Gasteiger partial charge in [0.25, 0.3) is 0 Å². The second-order valence-corrected chi connectivity index (χ2v) is 13.0. The van der Waals surface area contributed by atoms with Gasteiger partial charge in [-0.05, 0) is 50.5 Å². The summed E-state index contributed by atoms with van der Waals surface area (Å²) >= 11 is 3.25. The van der Waals surface area contributed by atoms with Crippen LogP contribution in [-0.2, 0) is 27.5 Å². The molecule has 6 nitrogen and oxygen atoms in total. The molecular weight excluding hydrogens is 438 g/mol. The Bertz CT molecular complexity index is 1060. The van der Waals surface area contributed by atoms with E-state index in [0.29, 0.717) is 18.9 Å². The molecule has 1 amide bonds. The van der Waals surface area contributed by atoms with Crippen LogP contribution in [0.15, 0.2) is 5.03 Å². The van der Waals surface area contributed by atoms with E-state index in [1.54, 1.807) is 16.2 Å². The van der Waals surface area contributed by atoms with Crippen molar-refractivity contribution in [3.05, 3.63) is 16.3 Å². The van der Waals surface area contributed by atoms with Crippen LogP contribution in [0.25, 0.3) is 10.2 Å². The largest absolute Gasteiger partial charge is 0.338 e. The zero-order valence-corrected chi connectivity index (χ0v) is 20.3. The van der Waals surface area contributed by atoms with Gasteiger partial charge in [0.15, 0.2) is 9.84 Å². The van der Waals surface area contributed by atoms with E-state index < -0.39 is 9.84 Å². The fraction of sp³-hybridized carbons (Fsp3) is 0.667. The van der Waals surface area contributed by atoms with Crippen LogP contribution in [0.1, 0.15) is 49.4 Å². The maximum atomic E-state index is 13.2. The SMILES string of the molecule is Cc1nc(SCC(=O)N(CC(C)C)C2CCS(=O)(=O)C2)c2c3c(sc2n1)CCCC3. The van der Waals surface area contributed by atoms with Crippen molar-refractivity contribution < 1.29 is 13.2 Å². The van der Waals surface area contributed by atoms with E-state index >= 15 is 0 Å². The van der Waals surface area contributed by atoms with E-state index in [1.807, 2.05) is 6.92 Å². The highest BCUT2D eigenvalue weighted by Gasteiger charge is 2.35. The van der Waals surface area contributed by atoms with Gasteiger partial charge in [-0.3, -0.25) is 4.79 Å². The van der Waals surface area contributed by atoms with Gasteiger partial charge < -0.3 is 4.90 Å². The highest BCUT2D eigenvalue weighted by Crippen LogP contribution is 2.39. The Morgan fingerprint density at radius 2 is 2.03 bits per heavy atom. The van der Waals surface area contributed by atoms with Crippen molar-refractivity contribution in [1.29, 1.82) is 0 Å². The van der Waals surface area contributed by atoms with Crippen LogP contribution in [0.3, 0.4) is 0 Å². The van der Waals surface area contributed by atoms with E-state index in [-0.39, 0.29) is 29.2 Å². The number of hydrogen-bond donors (Lipinski definition) is 0. The van der Waals surface area contributed by atoms with Crippen molar-refractivity contribution in [2.75, 3.05) is 23.8 Å². The second-order valence-electron chi connectivity index (χ2n) is 8.75. The molecule has 9 heteroatoms. The van der Waals surface area contributed by atoms with Gasteiger partial charge in [-0.15, -0.1) is 11.3 Å². The number of sulfone groups is 1. The number of nitrogens with zero attached hydrogens (tertiary/aromatic N) is 3. The predicted molar refractivity (Wildman–Crippen MR) is 123 cm³/mol. The first-order chi connectivity index (χ1) is 14.2. The zero-order chi connectivity index (χ0) is 21.5. The Labute approximate surface area is 186 Å². The molecule has 4 rings (SSSR count). The molecule has 2 aromatic heterocycles. The van der Waals surface area contributed by atoms with E-state index in [9.17, 15) is 13.2 Å². The third-order valence-electron chi connectivity index (χ3n) is 5.76. The molecule has 1 aliphatic heterocycles. The maximum absolute atomic E-state index is 13.2. The van der Waals surface area contributed by atoms with Crippen LogP contribution in [0, 0.1) is 12.8 Å². The van der Waals surface area contributed by atoms with Crippen molar-refractivity contribution >= 4 is 49.1 Å². The summed E-state index contributed by atoms with van der Waals surface area (Å²) in [5.74, 6) is 1.57. The lowest BCUT2D eigenvalue weighted by Crippen LogP contribution is -2.44. The van der Waals surface area contributed by atoms with Crippen molar-refractivity contribution in [3.63, 3.8) is 0 Å². The molecule has 1 saturated heterocycles. The topological polar surface area (TPSA) is 80.2 Å². The summed E-state index contributed by atoms with van der Waals surface area (Å²) in [6.07, 6.45) is 5.12. The monoisotopic (exact) mass is 467 g/mol. The average Bonchev–Trinajstić information content (AvgIpc) is 3.22. The van der Waals surface area contributed by atoms with Gasteiger partial charge in [-0.2, -0.15) is 0 Å². The Morgan fingerprint density at radius 1 is 1.27 bits per heavy atom. The Kier molecular flexibility index (Phi) is 6.42. The fourth-order valence-electron chi connectivity index (χ4n) is 4.41. The van der Waals surface area contributed by atoms with Gasteiger partial charge >= 0.3 is 0 Å². The Morgan fingerprint density at radius 3 is 2.73 bits per heavy atom. The van der Waals surface area contributed by atoms with Crippen LogP contribution in [0.2, 0.25) is 0 Å². The summed E-state index contributed by atoms with van der Waals surface area (Å²) in [7, 11) is -3.03. The third kappa shape index (κ3) is 4.67. The van der Waals surface area contributed by atoms with Gasteiger partial charge in [0.2, 0.25) is 5.91 Å². The zero-order valence-electron chi connectivity index (χ0n) is 17.8. The van der Waals surface area contributed by atoms with E-state index in [4.69, 9.17) is 0 Å². The summed E-state index contributed by atoms with van der Waals surface area (Å²) in [6.45, 7) is 6.61. The first kappa shape index (κ1) is 22.0. The number of amides is 1. The van der Waals surface area contributed by atoms with Crippen molar-refractivity contribution in [3.8, 4) is 0 Å². The van der Waals surface area contributed by atoms with E-state index in [2.05, 4.69) is 23.8 Å². The number of aryl methyl sites for hydroxylation is 3. The normalized spacial score (nSPS) is 20.6. The smallest absolute Gasteiger partial charge is 0.233 e. The molecular formula is C21H29N3O3S3. The summed E-state index contributed by atoms with van der Waals surface area (Å²) in [4.78, 5) is 26.8. The molecule has 0 aromatic carbocycles. The van der Waals surface area contributed by atoms with Crippen LogP contribution in [0.4, 0.5) is 0 Å². The molecule has 0 bridgehead atoms. The molecule has 0 spiro atoms. The summed E-state index contributed by atoms with van der Waals surface area (Å²) in [5, 5.41) is 2.03. The van der Waals surface area contributed by atoms with Crippen molar-refractivity contribution in [2.24, 2.45) is 5.92 Å². The molecule has 1 atom stereocenters. The fourth-order valence-corrected chi connectivity index (χ4v) is 8.50. The minimum Gasteiger partial charge on any atom is -0.338 e. The number of thioether (sulfide) groups is 1. The molecule has 0 N–H and O–H groups in total. The lowest BCUT2D eigenvalue weighted by molar-refractivity contribution is -0.130. The molecule has 2 aromatic rings. The number of carbonyl (C=O) groups is 1. The number of hydrogen-bond acceptors (Lipinski definition) is 7. The second kappa shape index (κ2) is 8.74. The molecule has 1 aliphatic carbocycles. The first-order valence-electron chi connectivity index (χ1n) is 10.6. The number of fused-ring (bicyclic) bond motifs is 3. The van der Waals surface area contributed by atoms with Crippen LogP contribution in [-0.4, -0.2) is 59.0 Å². The van der Waals surface area contributed by atoms with Crippen LogP contribution in [0.5, 0.6) is 0 Å². The molecule has 1 unspecified atom stereocenters. The lowest BCUT2D eigenvalue weighted by Gasteiger charge is -2.30. The predicted octanol–water partition coefficient (Wildman–Crippen LogP) is 3.64. The van der Waals surface area contributed by atoms with Gasteiger partial charge in [0.1, 0.15) is 15.7 Å². The number of rotatable bonds is 6. The Balaban J connectivity index is 1.56. The third-order valence-corrected chi connectivity index (χ3v) is 9.65. The number of aromatic nitrogens is 2. The quantitative estimate of drug-likeness (QED) is 0.477. The van der Waals surface area contributed by atoms with E-state index in [1.165, 1.54) is 35.0 Å². The molecule has 0 radical (unpaired) electrons. The minimum atomic E-state index is -3.03. The van der Waals surface area contributed by atoms with Crippen LogP contribution >= 0.6 is 23.1 Å². The molecule has 1 fully saturated rings. The van der Waals surface area contributed by atoms with Crippen molar-refractivity contribution in [1.82, 2.24) is 14.9 Å². The molecule has 164 valence electrons. The summed E-state index contributed by atoms with van der Waals surface area (Å²) in [6, 6.07) is -0.202. The highest BCUT2D eigenvalue weighted by molar-refractivity contribution is 8.00. The molecule has 30 heavy (non-hydrogen) atoms. The maximum Gasteiger partial charge on any atom is 0.233 e. The van der Waals surface area contributed by atoms with Crippen molar-refractivity contribution in [2.45, 2.75) is 63.9 Å². The van der Waals surface area contributed by atoms with Gasteiger partial charge in [-0.25, -0.2) is 18.4 Å². The lowest BCUT2D eigenvalue weighted by atomic mass is 9.97. The van der Waals surface area contributed by atoms with Gasteiger partial charge in [0.05, 0.1) is 17.3 Å².